The lowest BCUT2D eigenvalue weighted by Gasteiger charge is -2.39. The molecule has 4 aromatic rings. The fourth-order valence-corrected chi connectivity index (χ4v) is 12.7. The van der Waals surface area contributed by atoms with Crippen molar-refractivity contribution in [2.24, 2.45) is 0 Å². The highest BCUT2D eigenvalue weighted by atomic mass is 19.2. The lowest BCUT2D eigenvalue weighted by Crippen LogP contribution is -2.59. The first-order valence-corrected chi connectivity index (χ1v) is 44.7. The van der Waals surface area contributed by atoms with Crippen LogP contribution in [-0.4, -0.2) is 411 Å². The van der Waals surface area contributed by atoms with E-state index in [9.17, 15) is 146 Å². The first-order chi connectivity index (χ1) is 65.5. The van der Waals surface area contributed by atoms with Crippen molar-refractivity contribution in [1.82, 2.24) is 21.3 Å². The van der Waals surface area contributed by atoms with E-state index in [-0.39, 0.29) is 51.4 Å². The monoisotopic (exact) mass is 2000 g/mol. The number of carbonyl (C=O) groups excluding carboxylic acids is 4. The summed E-state index contributed by atoms with van der Waals surface area (Å²) in [5.74, 6) is -1.72. The minimum Gasteiger partial charge on any atom is -0.394 e. The van der Waals surface area contributed by atoms with E-state index in [4.69, 9.17) is 53.2 Å². The molecule has 0 radical (unpaired) electrons. The number of aryl methyl sites for hydroxylation is 1. The van der Waals surface area contributed by atoms with Crippen molar-refractivity contribution in [2.45, 2.75) is 324 Å². The Labute approximate surface area is 796 Å². The smallest absolute Gasteiger partial charge is 0.224 e. The first-order valence-electron chi connectivity index (χ1n) is 44.7. The fraction of sp³-hybridized carbons (Fsp3) is 0.696. The average molecular weight is 2000 g/mol. The molecule has 8 unspecified atom stereocenters. The van der Waals surface area contributed by atoms with Gasteiger partial charge in [0, 0.05) is 0 Å². The minimum atomic E-state index is -2.00. The molecule has 4 aromatic carbocycles. The van der Waals surface area contributed by atoms with Gasteiger partial charge in [0.15, 0.2) is 49.8 Å². The summed E-state index contributed by atoms with van der Waals surface area (Å²) >= 11 is 0. The molecule has 0 aliphatic carbocycles. The summed E-state index contributed by atoms with van der Waals surface area (Å²) in [5, 5.41) is 208. The van der Waals surface area contributed by atoms with Crippen LogP contribution in [0.25, 0.3) is 0 Å². The number of halogens is 9. The number of aliphatic hydroxyl groups is 20. The van der Waals surface area contributed by atoms with Crippen molar-refractivity contribution in [3.63, 3.8) is 0 Å². The Kier molecular flexibility index (Phi) is 79.1. The Bertz CT molecular complexity index is 3300. The maximum absolute atomic E-state index is 13.9. The molecule has 0 spiro atoms. The number of rotatable bonds is 40. The quantitative estimate of drug-likeness (QED) is 0.0275. The molecule has 137 heavy (non-hydrogen) atoms. The van der Waals surface area contributed by atoms with Crippen LogP contribution >= 0.6 is 0 Å². The van der Waals surface area contributed by atoms with Crippen LogP contribution in [0.15, 0.2) is 115 Å². The molecular weight excluding hydrogens is 1840 g/mol. The minimum absolute atomic E-state index is 0.0309. The topological polar surface area (TPSA) is 595 Å². The van der Waals surface area contributed by atoms with Gasteiger partial charge in [0.2, 0.25) is 23.6 Å². The fourth-order valence-electron chi connectivity index (χ4n) is 12.7. The third-order valence-electron chi connectivity index (χ3n) is 20.3. The Morgan fingerprint density at radius 1 is 0.299 bits per heavy atom. The van der Waals surface area contributed by atoms with Crippen molar-refractivity contribution in [3.8, 4) is 0 Å². The number of hydrogen-bond acceptors (Lipinski definition) is 32. The molecule has 4 saturated heterocycles. The van der Waals surface area contributed by atoms with Gasteiger partial charge in [-0.3, -0.25) is 41.1 Å². The number of aliphatic hydroxyl groups excluding tert-OH is 20. The molecule has 0 saturated carbocycles. The van der Waals surface area contributed by atoms with E-state index < -0.39 is 273 Å². The zero-order valence-corrected chi connectivity index (χ0v) is 80.5. The predicted molar refractivity (Wildman–Crippen MR) is 486 cm³/mol. The van der Waals surface area contributed by atoms with Crippen molar-refractivity contribution >= 4 is 23.6 Å². The number of amides is 4. The molecule has 36 nitrogen and oxygen atoms in total. The lowest BCUT2D eigenvalue weighted by molar-refractivity contribution is -0.293. The van der Waals surface area contributed by atoms with Gasteiger partial charge in [0.05, 0.1) is 163 Å². The van der Waals surface area contributed by atoms with Gasteiger partial charge < -0.3 is 161 Å². The van der Waals surface area contributed by atoms with E-state index in [0.717, 1.165) is 27.8 Å². The Balaban J connectivity index is -0.000000818. The van der Waals surface area contributed by atoms with Crippen LogP contribution in [0.4, 0.5) is 39.5 Å². The number of carbonyl (C=O) groups is 4. The summed E-state index contributed by atoms with van der Waals surface area (Å²) in [4.78, 5) is 49.6. The predicted octanol–water partition coefficient (Wildman–Crippen LogP) is 0.873. The third kappa shape index (κ3) is 48.6. The summed E-state index contributed by atoms with van der Waals surface area (Å²) in [5.41, 5.74) is 4.03. The molecular formula is C92H155F9N4O32. The zero-order valence-electron chi connectivity index (χ0n) is 80.5. The van der Waals surface area contributed by atoms with Crippen molar-refractivity contribution in [1.29, 1.82) is 0 Å². The summed E-state index contributed by atoms with van der Waals surface area (Å²) < 4.78 is 145. The second-order valence-corrected chi connectivity index (χ2v) is 29.6. The van der Waals surface area contributed by atoms with Crippen molar-refractivity contribution < 1.29 is 199 Å². The number of nitrogens with one attached hydrogen (secondary N) is 4. The van der Waals surface area contributed by atoms with Crippen LogP contribution in [0.1, 0.15) is 123 Å². The van der Waals surface area contributed by atoms with Crippen LogP contribution in [0.2, 0.25) is 0 Å². The Morgan fingerprint density at radius 3 is 0.628 bits per heavy atom. The largest absolute Gasteiger partial charge is 0.394 e. The van der Waals surface area contributed by atoms with Gasteiger partial charge >= 0.3 is 0 Å². The summed E-state index contributed by atoms with van der Waals surface area (Å²) in [6.07, 6.45) is -43.1. The van der Waals surface area contributed by atoms with Gasteiger partial charge in [-0.1, -0.05) is 190 Å². The molecule has 798 valence electrons. The molecule has 4 heterocycles. The number of alkyl halides is 9. The highest BCUT2D eigenvalue weighted by Gasteiger charge is 2.50. The van der Waals surface area contributed by atoms with E-state index in [2.05, 4.69) is 21.3 Å². The molecule has 4 aliphatic rings. The van der Waals surface area contributed by atoms with Gasteiger partial charge in [-0.15, -0.1) is 0 Å². The van der Waals surface area contributed by atoms with E-state index in [1.54, 1.807) is 113 Å². The lowest BCUT2D eigenvalue weighted by atomic mass is 10.0. The molecule has 0 bridgehead atoms. The Hall–Kier alpha value is -6.99. The van der Waals surface area contributed by atoms with Crippen LogP contribution in [0.5, 0.6) is 0 Å². The standard InChI is InChI=1S/C21H32FNO8.3C20H30FNO8.3C2H6.5CH3F/c1-3-14(25)18(27)13(23-16(26)8-12-6-4-11(2)5-7-12)10-30-21-20(29)19(28)17(22)15(9-24)31-21;3*1-2-13(24)17(26)12(22-15(25)8-11-6-4-3-5-7-11)10-29-20-19(28)18(27)16(21)14(9-23)30-20;8*1-2/h4-7,13-15,17-21,24-25,27-29H,3,8-10H2,1-2H3,(H,23,26);3*3-7,12-14,16-20,23-24,26-28H,2,8-10H2,1H3,(H,22,25);3*1-2H3;5*1H3/t13-,14+,15?,17-,18-,19-,20?,21-;12-,13+,14?,16+,17-,18-,19?,20-;2*12-,13+,14?,16-,17-,18-,19?,20-;;;;;;;;/m0000......../s1. The molecule has 4 amide bonds. The summed E-state index contributed by atoms with van der Waals surface area (Å²) in [6, 6.07) is 29.7. The normalized spacial score (nSPS) is 26.5. The molecule has 8 rings (SSSR count). The van der Waals surface area contributed by atoms with Gasteiger partial charge in [0.25, 0.3) is 0 Å². The van der Waals surface area contributed by atoms with Crippen LogP contribution in [0, 0.1) is 6.92 Å². The molecule has 4 fully saturated rings. The number of hydrogen-bond donors (Lipinski definition) is 24. The van der Waals surface area contributed by atoms with E-state index in [0.29, 0.717) is 35.9 Å². The van der Waals surface area contributed by atoms with Crippen LogP contribution in [-0.2, 0) is 82.8 Å². The second kappa shape index (κ2) is 79.6. The average Bonchev–Trinajstić information content (AvgIpc) is 0.825. The maximum Gasteiger partial charge on any atom is 0.224 e. The molecule has 24 N–H and O–H groups in total. The zero-order chi connectivity index (χ0) is 106. The SMILES string of the molecule is CC.CC.CC.CC[C@@H](O)[C@@H](O)[C@H](CO[C@H]1OC(CO)[C@@H](F)[C@H](O)C1O)NC(=O)Cc1ccccc1.CC[C@@H](O)[C@@H](O)[C@H](CO[C@H]1OC(CO)[C@H](F)[C@H](O)C1O)NC(=O)Cc1ccc(C)cc1.CC[C@@H](O)[C@@H](O)[C@H](CO[C@H]1OC(CO)[C@H](F)[C@H](O)C1O)NC(=O)Cc1ccccc1.CC[C@@H](O)[C@@H](O)[C@H](CO[C@H]1OC(CO)[C@H](F)[C@H](O)C1O)NC(=O)Cc1ccccc1.CF.CF.CF.CF.CF. The summed E-state index contributed by atoms with van der Waals surface area (Å²) in [7, 11) is 2.50. The third-order valence-corrected chi connectivity index (χ3v) is 20.3. The van der Waals surface area contributed by atoms with Crippen LogP contribution in [0.3, 0.4) is 0 Å². The Morgan fingerprint density at radius 2 is 0.467 bits per heavy atom. The molecule has 0 aromatic heterocycles. The number of ether oxygens (including phenoxy) is 8. The van der Waals surface area contributed by atoms with E-state index >= 15 is 0 Å². The maximum atomic E-state index is 13.9. The first kappa shape index (κ1) is 136. The van der Waals surface area contributed by atoms with Crippen LogP contribution < -0.4 is 21.3 Å². The molecule has 32 atom stereocenters. The van der Waals surface area contributed by atoms with Crippen molar-refractivity contribution in [3.05, 3.63) is 143 Å². The second-order valence-electron chi connectivity index (χ2n) is 29.6. The van der Waals surface area contributed by atoms with E-state index in [1.165, 1.54) is 0 Å². The van der Waals surface area contributed by atoms with Gasteiger partial charge in [-0.2, -0.15) is 0 Å². The summed E-state index contributed by atoms with van der Waals surface area (Å²) in [6.45, 7) is 16.0. The highest BCUT2D eigenvalue weighted by molar-refractivity contribution is 5.80. The number of benzene rings is 4. The van der Waals surface area contributed by atoms with Crippen molar-refractivity contribution in [2.75, 3.05) is 88.7 Å². The van der Waals surface area contributed by atoms with Gasteiger partial charge in [-0.25, -0.2) is 17.6 Å². The molecule has 4 aliphatic heterocycles. The highest BCUT2D eigenvalue weighted by Crippen LogP contribution is 2.30. The molecule has 45 heteroatoms. The van der Waals surface area contributed by atoms with E-state index in [1.807, 2.05) is 78.8 Å². The van der Waals surface area contributed by atoms with Gasteiger partial charge in [0.1, 0.15) is 97.7 Å². The van der Waals surface area contributed by atoms with Gasteiger partial charge in [-0.05, 0) is 54.9 Å².